The van der Waals surface area contributed by atoms with Gasteiger partial charge in [-0.2, -0.15) is 13.2 Å². The third kappa shape index (κ3) is 5.80. The monoisotopic (exact) mass is 473 g/mol. The molecule has 3 rings (SSSR count). The smallest absolute Gasteiger partial charge is 0.344 e. The number of halogens is 4. The molecule has 0 aromatic heterocycles. The number of rotatable bonds is 5. The van der Waals surface area contributed by atoms with E-state index in [0.29, 0.717) is 18.2 Å². The average molecular weight is 473 g/mol. The van der Waals surface area contributed by atoms with Gasteiger partial charge in [0.05, 0.1) is 23.1 Å². The highest BCUT2D eigenvalue weighted by Crippen LogP contribution is 2.33. The summed E-state index contributed by atoms with van der Waals surface area (Å²) in [7, 11) is 0. The third-order valence-corrected chi connectivity index (χ3v) is 6.64. The summed E-state index contributed by atoms with van der Waals surface area (Å²) in [5.41, 5.74) is -2.85. The zero-order valence-corrected chi connectivity index (χ0v) is 18.2. The van der Waals surface area contributed by atoms with E-state index < -0.39 is 46.0 Å². The highest BCUT2D eigenvalue weighted by atomic mass is 19.4. The molecule has 1 N–H and O–H groups in total. The van der Waals surface area contributed by atoms with Crippen molar-refractivity contribution >= 4 is 17.5 Å². The molecule has 182 valence electrons. The molecule has 2 amide bonds. The summed E-state index contributed by atoms with van der Waals surface area (Å²) in [6.07, 6.45) is -0.239. The van der Waals surface area contributed by atoms with Crippen LogP contribution in [0.5, 0.6) is 0 Å². The molecule has 1 aromatic carbocycles. The van der Waals surface area contributed by atoms with Gasteiger partial charge in [-0.15, -0.1) is 0 Å². The van der Waals surface area contributed by atoms with Crippen molar-refractivity contribution in [3.63, 3.8) is 0 Å². The van der Waals surface area contributed by atoms with Gasteiger partial charge in [0, 0.05) is 18.5 Å². The first-order valence-electron chi connectivity index (χ1n) is 11.1. The van der Waals surface area contributed by atoms with Gasteiger partial charge >= 0.3 is 6.18 Å². The van der Waals surface area contributed by atoms with Gasteiger partial charge in [0.1, 0.15) is 11.7 Å². The lowest BCUT2D eigenvalue weighted by Crippen LogP contribution is -2.42. The Hall–Kier alpha value is -2.72. The summed E-state index contributed by atoms with van der Waals surface area (Å²) >= 11 is 0. The van der Waals surface area contributed by atoms with Crippen molar-refractivity contribution in [1.82, 2.24) is 10.2 Å². The van der Waals surface area contributed by atoms with Crippen LogP contribution >= 0.6 is 0 Å². The van der Waals surface area contributed by atoms with Crippen molar-refractivity contribution < 1.29 is 32.1 Å². The highest BCUT2D eigenvalue weighted by molar-refractivity contribution is 5.98. The third-order valence-electron chi connectivity index (χ3n) is 6.64. The molecule has 1 heterocycles. The summed E-state index contributed by atoms with van der Waals surface area (Å²) in [5, 5.41) is 13.4. The Morgan fingerprint density at radius 1 is 1.15 bits per heavy atom. The summed E-state index contributed by atoms with van der Waals surface area (Å²) in [6, 6.07) is 0.325. The number of carbonyl (C=O) groups excluding carboxylic acids is 2. The minimum Gasteiger partial charge on any atom is -0.344 e. The van der Waals surface area contributed by atoms with E-state index in [0.717, 1.165) is 38.5 Å². The molecule has 1 aliphatic heterocycles. The largest absolute Gasteiger partial charge is 0.416 e. The predicted molar refractivity (Wildman–Crippen MR) is 111 cm³/mol. The van der Waals surface area contributed by atoms with Crippen LogP contribution in [-0.2, 0) is 11.0 Å². The van der Waals surface area contributed by atoms with E-state index in [1.165, 1.54) is 4.90 Å². The Kier molecular flexibility index (Phi) is 7.58. The van der Waals surface area contributed by atoms with Gasteiger partial charge < -0.3 is 10.2 Å². The maximum Gasteiger partial charge on any atom is 0.416 e. The number of benzene rings is 1. The first-order valence-corrected chi connectivity index (χ1v) is 11.1. The molecule has 1 unspecified atom stereocenters. The minimum absolute atomic E-state index is 0.143. The van der Waals surface area contributed by atoms with Gasteiger partial charge in [-0.25, -0.2) is 4.39 Å². The van der Waals surface area contributed by atoms with E-state index in [1.807, 2.05) is 6.92 Å². The van der Waals surface area contributed by atoms with E-state index in [4.69, 9.17) is 0 Å². The van der Waals surface area contributed by atoms with E-state index in [-0.39, 0.29) is 30.8 Å². The molecule has 1 aromatic rings. The summed E-state index contributed by atoms with van der Waals surface area (Å²) < 4.78 is 53.7. The number of likely N-dealkylation sites (tertiary alicyclic amines) is 1. The van der Waals surface area contributed by atoms with E-state index in [2.05, 4.69) is 5.32 Å². The molecule has 7 nitrogen and oxygen atoms in total. The van der Waals surface area contributed by atoms with Crippen LogP contribution in [0.4, 0.5) is 23.2 Å². The maximum absolute atomic E-state index is 14.7. The lowest BCUT2D eigenvalue weighted by atomic mass is 9.86. The molecule has 1 aliphatic carbocycles. The molecule has 0 radical (unpaired) electrons. The Morgan fingerprint density at radius 2 is 1.79 bits per heavy atom. The quantitative estimate of drug-likeness (QED) is 0.295. The van der Waals surface area contributed by atoms with Crippen LogP contribution in [0.1, 0.15) is 61.4 Å². The standard InChI is InChI=1S/C22H27F4N3O4/c1-13(14-6-4-2-3-5-7-14)21(31)28-11-17(23)18(12-28)27-20(30)16-10-15(22(24,25)26)8-9-19(16)29(32)33/h8-10,13-14,17-18H,2-7,11-12H2,1H3,(H,27,30)/t13?,17-,18+/m0/s1. The topological polar surface area (TPSA) is 92.6 Å². The van der Waals surface area contributed by atoms with E-state index in [1.54, 1.807) is 0 Å². The molecule has 33 heavy (non-hydrogen) atoms. The van der Waals surface area contributed by atoms with Crippen molar-refractivity contribution in [2.45, 2.75) is 63.8 Å². The Labute approximate surface area is 188 Å². The van der Waals surface area contributed by atoms with Crippen LogP contribution in [-0.4, -0.2) is 46.9 Å². The van der Waals surface area contributed by atoms with Crippen molar-refractivity contribution in [3.8, 4) is 0 Å². The normalized spacial score (nSPS) is 23.1. The van der Waals surface area contributed by atoms with Crippen LogP contribution in [0.3, 0.4) is 0 Å². The van der Waals surface area contributed by atoms with Crippen molar-refractivity contribution in [3.05, 3.63) is 39.4 Å². The zero-order chi connectivity index (χ0) is 24.3. The number of nitro benzene ring substituents is 1. The average Bonchev–Trinajstić information content (AvgIpc) is 2.94. The van der Waals surface area contributed by atoms with Crippen LogP contribution < -0.4 is 5.32 Å². The molecule has 11 heteroatoms. The fourth-order valence-corrected chi connectivity index (χ4v) is 4.68. The Balaban J connectivity index is 1.71. The van der Waals surface area contributed by atoms with Gasteiger partial charge in [-0.05, 0) is 30.9 Å². The maximum atomic E-state index is 14.7. The molecule has 2 aliphatic rings. The molecule has 1 saturated heterocycles. The fraction of sp³-hybridized carbons (Fsp3) is 0.636. The number of amides is 2. The van der Waals surface area contributed by atoms with Gasteiger partial charge in [0.2, 0.25) is 5.91 Å². The van der Waals surface area contributed by atoms with Crippen LogP contribution in [0.15, 0.2) is 18.2 Å². The van der Waals surface area contributed by atoms with Crippen LogP contribution in [0, 0.1) is 22.0 Å². The van der Waals surface area contributed by atoms with Crippen LogP contribution in [0.25, 0.3) is 0 Å². The number of nitrogens with zero attached hydrogens (tertiary/aromatic N) is 2. The van der Waals surface area contributed by atoms with Gasteiger partial charge in [-0.1, -0.05) is 32.6 Å². The molecular weight excluding hydrogens is 446 g/mol. The molecule has 0 bridgehead atoms. The fourth-order valence-electron chi connectivity index (χ4n) is 4.68. The Morgan fingerprint density at radius 3 is 2.36 bits per heavy atom. The lowest BCUT2D eigenvalue weighted by Gasteiger charge is -2.26. The summed E-state index contributed by atoms with van der Waals surface area (Å²) in [6.45, 7) is 1.44. The first kappa shape index (κ1) is 24.9. The highest BCUT2D eigenvalue weighted by Gasteiger charge is 2.40. The van der Waals surface area contributed by atoms with E-state index in [9.17, 15) is 37.3 Å². The molecule has 0 spiro atoms. The van der Waals surface area contributed by atoms with Gasteiger partial charge in [0.15, 0.2) is 0 Å². The Bertz CT molecular complexity index is 900. The molecular formula is C22H27F4N3O4. The van der Waals surface area contributed by atoms with Crippen molar-refractivity contribution in [2.24, 2.45) is 11.8 Å². The number of nitro groups is 1. The minimum atomic E-state index is -4.81. The van der Waals surface area contributed by atoms with E-state index >= 15 is 0 Å². The molecule has 2 fully saturated rings. The molecule has 3 atom stereocenters. The first-order chi connectivity index (χ1) is 15.5. The number of alkyl halides is 4. The number of hydrogen-bond donors (Lipinski definition) is 1. The SMILES string of the molecule is CC(C(=O)N1C[C@H](F)[C@H](NC(=O)c2cc(C(F)(F)F)ccc2[N+](=O)[O-])C1)C1CCCCCC1. The number of carbonyl (C=O) groups is 2. The second kappa shape index (κ2) is 10.0. The van der Waals surface area contributed by atoms with Gasteiger partial charge in [0.25, 0.3) is 11.6 Å². The van der Waals surface area contributed by atoms with Gasteiger partial charge in [-0.3, -0.25) is 19.7 Å². The second-order valence-corrected chi connectivity index (χ2v) is 8.87. The summed E-state index contributed by atoms with van der Waals surface area (Å²) in [5.74, 6) is -1.49. The number of hydrogen-bond acceptors (Lipinski definition) is 4. The zero-order valence-electron chi connectivity index (χ0n) is 18.2. The molecule has 1 saturated carbocycles. The van der Waals surface area contributed by atoms with Crippen LogP contribution in [0.2, 0.25) is 0 Å². The number of nitrogens with one attached hydrogen (secondary N) is 1. The second-order valence-electron chi connectivity index (χ2n) is 8.87. The predicted octanol–water partition coefficient (Wildman–Crippen LogP) is 4.50. The lowest BCUT2D eigenvalue weighted by molar-refractivity contribution is -0.385. The summed E-state index contributed by atoms with van der Waals surface area (Å²) in [4.78, 5) is 37.1. The van der Waals surface area contributed by atoms with Crippen molar-refractivity contribution in [1.29, 1.82) is 0 Å². The van der Waals surface area contributed by atoms with Crippen molar-refractivity contribution in [2.75, 3.05) is 13.1 Å².